The molecule has 1 aliphatic rings. The van der Waals surface area contributed by atoms with Crippen molar-refractivity contribution in [1.29, 1.82) is 0 Å². The van der Waals surface area contributed by atoms with Crippen molar-refractivity contribution in [1.82, 2.24) is 15.5 Å². The molecule has 0 spiro atoms. The SMILES string of the molecule is O=C(CNC(=O)c1ccc(Cl)cc1Cl)NCCN1C(=O)S/C(=C\c2ccccc2F)C1=O. The van der Waals surface area contributed by atoms with E-state index in [1.807, 2.05) is 0 Å². The predicted octanol–water partition coefficient (Wildman–Crippen LogP) is 3.72. The van der Waals surface area contributed by atoms with E-state index in [9.17, 15) is 23.6 Å². The van der Waals surface area contributed by atoms with Gasteiger partial charge in [0.15, 0.2) is 0 Å². The van der Waals surface area contributed by atoms with Gasteiger partial charge in [0.2, 0.25) is 5.91 Å². The highest BCUT2D eigenvalue weighted by atomic mass is 35.5. The molecule has 0 aromatic heterocycles. The van der Waals surface area contributed by atoms with Crippen molar-refractivity contribution in [2.45, 2.75) is 0 Å². The molecular formula is C21H16Cl2FN3O4S. The van der Waals surface area contributed by atoms with E-state index in [4.69, 9.17) is 23.2 Å². The number of halogens is 3. The summed E-state index contributed by atoms with van der Waals surface area (Å²) < 4.78 is 13.8. The lowest BCUT2D eigenvalue weighted by Gasteiger charge is -2.13. The minimum Gasteiger partial charge on any atom is -0.353 e. The Hall–Kier alpha value is -2.88. The molecule has 0 radical (unpaired) electrons. The van der Waals surface area contributed by atoms with Crippen molar-refractivity contribution in [3.63, 3.8) is 0 Å². The molecule has 2 aromatic rings. The quantitative estimate of drug-likeness (QED) is 0.570. The smallest absolute Gasteiger partial charge is 0.293 e. The summed E-state index contributed by atoms with van der Waals surface area (Å²) in [5, 5.41) is 4.94. The van der Waals surface area contributed by atoms with Gasteiger partial charge in [-0.25, -0.2) is 4.39 Å². The van der Waals surface area contributed by atoms with E-state index in [1.165, 1.54) is 42.5 Å². The maximum absolute atomic E-state index is 13.8. The van der Waals surface area contributed by atoms with Gasteiger partial charge in [0.05, 0.1) is 22.0 Å². The summed E-state index contributed by atoms with van der Waals surface area (Å²) in [7, 11) is 0. The highest BCUT2D eigenvalue weighted by Gasteiger charge is 2.34. The van der Waals surface area contributed by atoms with Crippen LogP contribution in [0.5, 0.6) is 0 Å². The largest absolute Gasteiger partial charge is 0.353 e. The molecule has 0 saturated carbocycles. The second-order valence-corrected chi connectivity index (χ2v) is 8.35. The Morgan fingerprint density at radius 3 is 2.56 bits per heavy atom. The molecule has 0 atom stereocenters. The van der Waals surface area contributed by atoms with Crippen LogP contribution in [0.2, 0.25) is 10.0 Å². The molecule has 0 bridgehead atoms. The maximum atomic E-state index is 13.8. The maximum Gasteiger partial charge on any atom is 0.293 e. The molecule has 2 N–H and O–H groups in total. The number of hydrogen-bond donors (Lipinski definition) is 2. The summed E-state index contributed by atoms with van der Waals surface area (Å²) in [6, 6.07) is 10.2. The third kappa shape index (κ3) is 5.87. The number of thioether (sulfide) groups is 1. The van der Waals surface area contributed by atoms with Gasteiger partial charge in [-0.2, -0.15) is 0 Å². The summed E-state index contributed by atoms with van der Waals surface area (Å²) >= 11 is 12.4. The number of imide groups is 1. The zero-order valence-corrected chi connectivity index (χ0v) is 18.7. The van der Waals surface area contributed by atoms with E-state index in [0.29, 0.717) is 16.8 Å². The lowest BCUT2D eigenvalue weighted by Crippen LogP contribution is -2.41. The molecule has 32 heavy (non-hydrogen) atoms. The number of nitrogens with one attached hydrogen (secondary N) is 2. The van der Waals surface area contributed by atoms with Crippen molar-refractivity contribution in [3.05, 3.63) is 74.4 Å². The van der Waals surface area contributed by atoms with Crippen molar-refractivity contribution in [2.24, 2.45) is 0 Å². The molecule has 0 aliphatic carbocycles. The summed E-state index contributed by atoms with van der Waals surface area (Å²) in [5.41, 5.74) is 0.367. The van der Waals surface area contributed by atoms with E-state index in [0.717, 1.165) is 4.90 Å². The molecule has 7 nitrogen and oxygen atoms in total. The summed E-state index contributed by atoms with van der Waals surface area (Å²) in [5.74, 6) is -2.14. The van der Waals surface area contributed by atoms with Crippen LogP contribution in [0.25, 0.3) is 6.08 Å². The second kappa shape index (κ2) is 10.6. The van der Waals surface area contributed by atoms with Gasteiger partial charge >= 0.3 is 0 Å². The Labute approximate surface area is 196 Å². The minimum absolute atomic E-state index is 0.0125. The average Bonchev–Trinajstić information content (AvgIpc) is 3.01. The van der Waals surface area contributed by atoms with Gasteiger partial charge in [-0.05, 0) is 42.1 Å². The molecule has 2 aromatic carbocycles. The fourth-order valence-corrected chi connectivity index (χ4v) is 4.08. The van der Waals surface area contributed by atoms with Gasteiger partial charge in [-0.3, -0.25) is 24.1 Å². The summed E-state index contributed by atoms with van der Waals surface area (Å²) in [6.45, 7) is -0.406. The van der Waals surface area contributed by atoms with Gasteiger partial charge in [0, 0.05) is 23.7 Å². The normalized spacial score (nSPS) is 14.7. The van der Waals surface area contributed by atoms with Crippen LogP contribution < -0.4 is 10.6 Å². The zero-order chi connectivity index (χ0) is 23.3. The standard InChI is InChI=1S/C21H16Cl2FN3O4S/c22-13-5-6-14(15(23)10-13)19(29)26-11-18(28)25-7-8-27-20(30)17(32-21(27)31)9-12-3-1-2-4-16(12)24/h1-6,9-10H,7-8,11H2,(H,25,28)(H,26,29)/b17-9-. The van der Waals surface area contributed by atoms with E-state index < -0.39 is 28.8 Å². The molecule has 3 rings (SSSR count). The first-order valence-corrected chi connectivity index (χ1v) is 10.8. The molecule has 1 aliphatic heterocycles. The Morgan fingerprint density at radius 2 is 1.84 bits per heavy atom. The van der Waals surface area contributed by atoms with Gasteiger partial charge < -0.3 is 10.6 Å². The van der Waals surface area contributed by atoms with E-state index >= 15 is 0 Å². The van der Waals surface area contributed by atoms with Crippen LogP contribution in [0.4, 0.5) is 9.18 Å². The van der Waals surface area contributed by atoms with Crippen LogP contribution in [0.1, 0.15) is 15.9 Å². The molecule has 1 saturated heterocycles. The number of carbonyl (C=O) groups excluding carboxylic acids is 4. The highest BCUT2D eigenvalue weighted by molar-refractivity contribution is 8.18. The first-order chi connectivity index (χ1) is 15.3. The van der Waals surface area contributed by atoms with Gasteiger partial charge in [0.1, 0.15) is 5.82 Å². The van der Waals surface area contributed by atoms with Crippen molar-refractivity contribution in [3.8, 4) is 0 Å². The number of amides is 4. The Kier molecular flexibility index (Phi) is 7.89. The number of benzene rings is 2. The number of nitrogens with zero attached hydrogens (tertiary/aromatic N) is 1. The van der Waals surface area contributed by atoms with Crippen LogP contribution in [0, 0.1) is 5.82 Å². The zero-order valence-electron chi connectivity index (χ0n) is 16.4. The minimum atomic E-state index is -0.566. The van der Waals surface area contributed by atoms with Crippen LogP contribution in [-0.2, 0) is 9.59 Å². The summed E-state index contributed by atoms with van der Waals surface area (Å²) in [6.07, 6.45) is 1.32. The third-order valence-corrected chi connectivity index (χ3v) is 5.76. The van der Waals surface area contributed by atoms with Crippen LogP contribution in [0.15, 0.2) is 47.4 Å². The van der Waals surface area contributed by atoms with Crippen LogP contribution >= 0.6 is 35.0 Å². The van der Waals surface area contributed by atoms with Gasteiger partial charge in [0.25, 0.3) is 17.1 Å². The van der Waals surface area contributed by atoms with E-state index in [2.05, 4.69) is 10.6 Å². The van der Waals surface area contributed by atoms with E-state index in [1.54, 1.807) is 6.07 Å². The fourth-order valence-electron chi connectivity index (χ4n) is 2.73. The first-order valence-electron chi connectivity index (χ1n) is 9.26. The van der Waals surface area contributed by atoms with Gasteiger partial charge in [-0.1, -0.05) is 41.4 Å². The summed E-state index contributed by atoms with van der Waals surface area (Å²) in [4.78, 5) is 49.7. The Bertz CT molecular complexity index is 1130. The highest BCUT2D eigenvalue weighted by Crippen LogP contribution is 2.32. The Morgan fingerprint density at radius 1 is 1.09 bits per heavy atom. The van der Waals surface area contributed by atoms with Crippen molar-refractivity contribution in [2.75, 3.05) is 19.6 Å². The average molecular weight is 496 g/mol. The lowest BCUT2D eigenvalue weighted by atomic mass is 10.2. The van der Waals surface area contributed by atoms with Crippen LogP contribution in [-0.4, -0.2) is 47.5 Å². The number of hydrogen-bond acceptors (Lipinski definition) is 5. The molecule has 4 amide bonds. The topological polar surface area (TPSA) is 95.6 Å². The Balaban J connectivity index is 1.48. The van der Waals surface area contributed by atoms with Gasteiger partial charge in [-0.15, -0.1) is 0 Å². The second-order valence-electron chi connectivity index (χ2n) is 6.51. The fraction of sp³-hybridized carbons (Fsp3) is 0.143. The van der Waals surface area contributed by atoms with E-state index in [-0.39, 0.29) is 40.7 Å². The number of rotatable bonds is 7. The van der Waals surface area contributed by atoms with Crippen LogP contribution in [0.3, 0.4) is 0 Å². The monoisotopic (exact) mass is 495 g/mol. The molecule has 1 heterocycles. The molecule has 11 heteroatoms. The molecule has 1 fully saturated rings. The van der Waals surface area contributed by atoms with Crippen molar-refractivity contribution < 1.29 is 23.6 Å². The lowest BCUT2D eigenvalue weighted by molar-refractivity contribution is -0.124. The molecular weight excluding hydrogens is 480 g/mol. The predicted molar refractivity (Wildman–Crippen MR) is 121 cm³/mol. The molecule has 166 valence electrons. The number of carbonyl (C=O) groups is 4. The molecule has 0 unspecified atom stereocenters. The van der Waals surface area contributed by atoms with Crippen molar-refractivity contribution >= 4 is 64.0 Å². The third-order valence-electron chi connectivity index (χ3n) is 4.31. The first kappa shape index (κ1) is 23.8.